The van der Waals surface area contributed by atoms with Crippen molar-refractivity contribution in [3.63, 3.8) is 0 Å². The molecule has 0 aliphatic rings. The molecule has 124 valence electrons. The van der Waals surface area contributed by atoms with Gasteiger partial charge in [0.2, 0.25) is 0 Å². The highest BCUT2D eigenvalue weighted by Crippen LogP contribution is 2.25. The van der Waals surface area contributed by atoms with E-state index >= 15 is 0 Å². The first kappa shape index (κ1) is 17.6. The summed E-state index contributed by atoms with van der Waals surface area (Å²) in [5, 5.41) is 11.2. The summed E-state index contributed by atoms with van der Waals surface area (Å²) in [5.74, 6) is 0.699. The Labute approximate surface area is 143 Å². The smallest absolute Gasteiger partial charge is 0.261 e. The van der Waals surface area contributed by atoms with E-state index in [1.165, 1.54) is 0 Å². The zero-order chi connectivity index (χ0) is 17.4. The van der Waals surface area contributed by atoms with Gasteiger partial charge in [0.25, 0.3) is 5.91 Å². The van der Waals surface area contributed by atoms with E-state index in [0.29, 0.717) is 18.1 Å². The minimum absolute atomic E-state index is 0.0131. The van der Waals surface area contributed by atoms with Gasteiger partial charge < -0.3 is 10.1 Å². The van der Waals surface area contributed by atoms with Crippen LogP contribution in [-0.2, 0) is 4.79 Å². The number of ether oxygens (including phenoxy) is 1. The number of nitriles is 1. The highest BCUT2D eigenvalue weighted by atomic mass is 16.5. The van der Waals surface area contributed by atoms with Crippen LogP contribution in [0, 0.1) is 17.2 Å². The lowest BCUT2D eigenvalue weighted by atomic mass is 10.0. The minimum Gasteiger partial charge on any atom is -0.481 e. The van der Waals surface area contributed by atoms with Crippen LogP contribution in [0.2, 0.25) is 0 Å². The fraction of sp³-hybridized carbons (Fsp3) is 0.300. The maximum absolute atomic E-state index is 12.2. The van der Waals surface area contributed by atoms with E-state index in [4.69, 9.17) is 10.00 Å². The van der Waals surface area contributed by atoms with Crippen LogP contribution in [0.3, 0.4) is 0 Å². The Kier molecular flexibility index (Phi) is 6.39. The van der Waals surface area contributed by atoms with E-state index in [9.17, 15) is 4.79 Å². The molecule has 0 saturated heterocycles. The van der Waals surface area contributed by atoms with Crippen LogP contribution in [-0.4, -0.2) is 18.6 Å². The van der Waals surface area contributed by atoms with Crippen LogP contribution in [0.25, 0.3) is 11.1 Å². The van der Waals surface area contributed by atoms with Crippen molar-refractivity contribution in [3.8, 4) is 22.9 Å². The second-order valence-electron chi connectivity index (χ2n) is 6.01. The average Bonchev–Trinajstić information content (AvgIpc) is 2.59. The lowest BCUT2D eigenvalue weighted by Gasteiger charge is -2.20. The molecule has 0 aliphatic carbocycles. The zero-order valence-electron chi connectivity index (χ0n) is 14.0. The van der Waals surface area contributed by atoms with Gasteiger partial charge in [-0.3, -0.25) is 4.79 Å². The van der Waals surface area contributed by atoms with Gasteiger partial charge in [0.1, 0.15) is 12.3 Å². The molecule has 0 spiro atoms. The normalized spacial score (nSPS) is 11.6. The SMILES string of the molecule is CC(C)CC(Oc1cccc(-c2ccccc2)c1)C(=O)NCC#N. The fourth-order valence-electron chi connectivity index (χ4n) is 2.42. The van der Waals surface area contributed by atoms with Crippen molar-refractivity contribution in [1.82, 2.24) is 5.32 Å². The predicted molar refractivity (Wildman–Crippen MR) is 94.4 cm³/mol. The Hall–Kier alpha value is -2.80. The largest absolute Gasteiger partial charge is 0.481 e. The van der Waals surface area contributed by atoms with Crippen LogP contribution in [0.1, 0.15) is 20.3 Å². The summed E-state index contributed by atoms with van der Waals surface area (Å²) >= 11 is 0. The molecule has 2 rings (SSSR count). The molecule has 4 heteroatoms. The molecule has 0 aliphatic heterocycles. The average molecular weight is 322 g/mol. The van der Waals surface area contributed by atoms with Gasteiger partial charge in [-0.05, 0) is 35.6 Å². The summed E-state index contributed by atoms with van der Waals surface area (Å²) in [6, 6.07) is 19.6. The van der Waals surface area contributed by atoms with Gasteiger partial charge in [0.15, 0.2) is 6.10 Å². The number of hydrogen-bond acceptors (Lipinski definition) is 3. The molecule has 1 atom stereocenters. The van der Waals surface area contributed by atoms with Crippen molar-refractivity contribution in [2.24, 2.45) is 5.92 Å². The maximum Gasteiger partial charge on any atom is 0.261 e. The summed E-state index contributed by atoms with van der Waals surface area (Å²) in [4.78, 5) is 12.2. The van der Waals surface area contributed by atoms with Gasteiger partial charge in [-0.2, -0.15) is 5.26 Å². The number of nitrogens with one attached hydrogen (secondary N) is 1. The molecular formula is C20H22N2O2. The Morgan fingerprint density at radius 1 is 1.12 bits per heavy atom. The number of benzene rings is 2. The zero-order valence-corrected chi connectivity index (χ0v) is 14.0. The summed E-state index contributed by atoms with van der Waals surface area (Å²) < 4.78 is 5.92. The summed E-state index contributed by atoms with van der Waals surface area (Å²) in [7, 11) is 0. The second kappa shape index (κ2) is 8.73. The van der Waals surface area contributed by atoms with Crippen LogP contribution < -0.4 is 10.1 Å². The van der Waals surface area contributed by atoms with Gasteiger partial charge in [-0.15, -0.1) is 0 Å². The highest BCUT2D eigenvalue weighted by molar-refractivity contribution is 5.81. The highest BCUT2D eigenvalue weighted by Gasteiger charge is 2.21. The summed E-state index contributed by atoms with van der Waals surface area (Å²) in [6.45, 7) is 4.06. The Morgan fingerprint density at radius 2 is 1.83 bits per heavy atom. The minimum atomic E-state index is -0.607. The molecule has 1 unspecified atom stereocenters. The Balaban J connectivity index is 2.17. The first-order chi connectivity index (χ1) is 11.6. The van der Waals surface area contributed by atoms with Gasteiger partial charge in [0, 0.05) is 0 Å². The van der Waals surface area contributed by atoms with Gasteiger partial charge in [0.05, 0.1) is 6.07 Å². The molecule has 1 amide bonds. The standard InChI is InChI=1S/C20H22N2O2/c1-15(2)13-19(20(23)22-12-11-21)24-18-10-6-9-17(14-18)16-7-4-3-5-8-16/h3-10,14-15,19H,12-13H2,1-2H3,(H,22,23). The lowest BCUT2D eigenvalue weighted by molar-refractivity contribution is -0.128. The first-order valence-corrected chi connectivity index (χ1v) is 8.07. The molecule has 2 aromatic carbocycles. The molecule has 2 aromatic rings. The van der Waals surface area contributed by atoms with E-state index in [1.807, 2.05) is 74.5 Å². The second-order valence-corrected chi connectivity index (χ2v) is 6.01. The first-order valence-electron chi connectivity index (χ1n) is 8.07. The molecule has 0 fully saturated rings. The third-order valence-corrected chi connectivity index (χ3v) is 3.54. The third-order valence-electron chi connectivity index (χ3n) is 3.54. The monoisotopic (exact) mass is 322 g/mol. The van der Waals surface area contributed by atoms with Gasteiger partial charge >= 0.3 is 0 Å². The molecule has 0 radical (unpaired) electrons. The molecule has 1 N–H and O–H groups in total. The number of rotatable bonds is 7. The van der Waals surface area contributed by atoms with Gasteiger partial charge in [-0.25, -0.2) is 0 Å². The van der Waals surface area contributed by atoms with Crippen molar-refractivity contribution < 1.29 is 9.53 Å². The predicted octanol–water partition coefficient (Wildman–Crippen LogP) is 3.79. The van der Waals surface area contributed by atoms with Crippen molar-refractivity contribution in [2.45, 2.75) is 26.4 Å². The maximum atomic E-state index is 12.2. The van der Waals surface area contributed by atoms with Crippen molar-refractivity contribution in [1.29, 1.82) is 5.26 Å². The van der Waals surface area contributed by atoms with Crippen molar-refractivity contribution >= 4 is 5.91 Å². The number of carbonyl (C=O) groups is 1. The van der Waals surface area contributed by atoms with E-state index in [2.05, 4.69) is 5.32 Å². The number of hydrogen-bond donors (Lipinski definition) is 1. The molecule has 0 saturated carbocycles. The van der Waals surface area contributed by atoms with E-state index in [-0.39, 0.29) is 12.5 Å². The molecule has 0 aromatic heterocycles. The van der Waals surface area contributed by atoms with Crippen LogP contribution in [0.5, 0.6) is 5.75 Å². The van der Waals surface area contributed by atoms with Gasteiger partial charge in [-0.1, -0.05) is 56.3 Å². The quantitative estimate of drug-likeness (QED) is 0.789. The van der Waals surface area contributed by atoms with Crippen LogP contribution >= 0.6 is 0 Å². The fourth-order valence-corrected chi connectivity index (χ4v) is 2.42. The van der Waals surface area contributed by atoms with Crippen molar-refractivity contribution in [3.05, 3.63) is 54.6 Å². The summed E-state index contributed by atoms with van der Waals surface area (Å²) in [6.07, 6.45) is -0.0170. The molecule has 4 nitrogen and oxygen atoms in total. The Bertz CT molecular complexity index is 705. The van der Waals surface area contributed by atoms with Crippen molar-refractivity contribution in [2.75, 3.05) is 6.54 Å². The number of amides is 1. The number of carbonyl (C=O) groups excluding carboxylic acids is 1. The molecule has 0 heterocycles. The summed E-state index contributed by atoms with van der Waals surface area (Å²) in [5.41, 5.74) is 2.13. The van der Waals surface area contributed by atoms with Crippen LogP contribution in [0.4, 0.5) is 0 Å². The van der Waals surface area contributed by atoms with E-state index in [1.54, 1.807) is 0 Å². The molecular weight excluding hydrogens is 300 g/mol. The number of nitrogens with zero attached hydrogens (tertiary/aromatic N) is 1. The molecule has 0 bridgehead atoms. The topological polar surface area (TPSA) is 62.1 Å². The van der Waals surface area contributed by atoms with E-state index < -0.39 is 6.10 Å². The lowest BCUT2D eigenvalue weighted by Crippen LogP contribution is -2.39. The van der Waals surface area contributed by atoms with Crippen LogP contribution in [0.15, 0.2) is 54.6 Å². The molecule has 24 heavy (non-hydrogen) atoms. The third kappa shape index (κ3) is 5.13. The van der Waals surface area contributed by atoms with E-state index in [0.717, 1.165) is 11.1 Å². The Morgan fingerprint density at radius 3 is 2.50 bits per heavy atom.